The van der Waals surface area contributed by atoms with E-state index in [1.54, 1.807) is 0 Å². The van der Waals surface area contributed by atoms with Gasteiger partial charge in [-0.15, -0.1) is 0 Å². The SMILES string of the molecule is CC(=O)C(=O)C(F)Cl. The molecule has 0 saturated heterocycles. The third-order valence-corrected chi connectivity index (χ3v) is 0.743. The second-order valence-electron chi connectivity index (χ2n) is 1.22. The average molecular weight is 139 g/mol. The molecule has 0 aliphatic rings. The van der Waals surface area contributed by atoms with E-state index in [2.05, 4.69) is 11.6 Å². The largest absolute Gasteiger partial charge is 0.291 e. The maximum atomic E-state index is 11.5. The van der Waals surface area contributed by atoms with Crippen LogP contribution in [0.1, 0.15) is 6.92 Å². The van der Waals surface area contributed by atoms with Crippen molar-refractivity contribution in [3.8, 4) is 0 Å². The van der Waals surface area contributed by atoms with Crippen molar-refractivity contribution in [2.75, 3.05) is 0 Å². The lowest BCUT2D eigenvalue weighted by atomic mass is 10.3. The Bertz CT molecular complexity index is 121. The molecule has 2 nitrogen and oxygen atoms in total. The van der Waals surface area contributed by atoms with Crippen LogP contribution in [0.3, 0.4) is 0 Å². The molecule has 0 aliphatic carbocycles. The molecule has 8 heavy (non-hydrogen) atoms. The molecule has 0 radical (unpaired) electrons. The minimum absolute atomic E-state index is 0.854. The van der Waals surface area contributed by atoms with E-state index >= 15 is 0 Å². The molecule has 1 atom stereocenters. The number of ketones is 2. The molecular weight excluding hydrogens is 134 g/mol. The van der Waals surface area contributed by atoms with Gasteiger partial charge in [-0.3, -0.25) is 9.59 Å². The number of hydrogen-bond donors (Lipinski definition) is 0. The van der Waals surface area contributed by atoms with Gasteiger partial charge in [0.05, 0.1) is 0 Å². The number of carbonyl (C=O) groups is 2. The first-order chi connectivity index (χ1) is 3.55. The molecular formula is C4H4ClFO2. The molecule has 46 valence electrons. The maximum absolute atomic E-state index is 11.5. The van der Waals surface area contributed by atoms with E-state index in [9.17, 15) is 14.0 Å². The average Bonchev–Trinajstić information content (AvgIpc) is 1.64. The first-order valence-electron chi connectivity index (χ1n) is 1.88. The van der Waals surface area contributed by atoms with Crippen molar-refractivity contribution in [3.63, 3.8) is 0 Å². The third kappa shape index (κ3) is 2.02. The van der Waals surface area contributed by atoms with Crippen molar-refractivity contribution in [1.82, 2.24) is 0 Å². The molecule has 1 unspecified atom stereocenters. The van der Waals surface area contributed by atoms with E-state index in [0.29, 0.717) is 0 Å². The van der Waals surface area contributed by atoms with Gasteiger partial charge in [-0.05, 0) is 0 Å². The summed E-state index contributed by atoms with van der Waals surface area (Å²) in [4.78, 5) is 19.9. The number of rotatable bonds is 2. The highest BCUT2D eigenvalue weighted by Crippen LogP contribution is 1.97. The van der Waals surface area contributed by atoms with Gasteiger partial charge < -0.3 is 0 Å². The van der Waals surface area contributed by atoms with E-state index in [4.69, 9.17) is 0 Å². The van der Waals surface area contributed by atoms with Crippen LogP contribution in [0, 0.1) is 0 Å². The Morgan fingerprint density at radius 2 is 2.00 bits per heavy atom. The Morgan fingerprint density at radius 1 is 1.62 bits per heavy atom. The van der Waals surface area contributed by atoms with Crippen LogP contribution in [-0.4, -0.2) is 17.2 Å². The molecule has 0 aliphatic heterocycles. The molecule has 0 saturated carbocycles. The maximum Gasteiger partial charge on any atom is 0.247 e. The van der Waals surface area contributed by atoms with Gasteiger partial charge in [-0.2, -0.15) is 0 Å². The zero-order valence-corrected chi connectivity index (χ0v) is 4.91. The second kappa shape index (κ2) is 2.77. The first-order valence-corrected chi connectivity index (χ1v) is 2.32. The summed E-state index contributed by atoms with van der Waals surface area (Å²) in [7, 11) is 0. The summed E-state index contributed by atoms with van der Waals surface area (Å²) in [6.07, 6.45) is 0. The lowest BCUT2D eigenvalue weighted by Gasteiger charge is -1.89. The molecule has 0 N–H and O–H groups in total. The molecule has 0 spiro atoms. The highest BCUT2D eigenvalue weighted by molar-refractivity contribution is 6.48. The van der Waals surface area contributed by atoms with Crippen molar-refractivity contribution < 1.29 is 14.0 Å². The molecule has 0 aromatic carbocycles. The minimum atomic E-state index is -2.17. The van der Waals surface area contributed by atoms with Gasteiger partial charge >= 0.3 is 0 Å². The molecule has 0 fully saturated rings. The van der Waals surface area contributed by atoms with Gasteiger partial charge in [0.1, 0.15) is 0 Å². The quantitative estimate of drug-likeness (QED) is 0.415. The third-order valence-electron chi connectivity index (χ3n) is 0.545. The smallest absolute Gasteiger partial charge is 0.247 e. The van der Waals surface area contributed by atoms with Crippen LogP contribution in [0.25, 0.3) is 0 Å². The highest BCUT2D eigenvalue weighted by atomic mass is 35.5. The Labute approximate surface area is 50.6 Å². The van der Waals surface area contributed by atoms with Crippen molar-refractivity contribution in [3.05, 3.63) is 0 Å². The number of Topliss-reactive ketones (excluding diaryl/α,β-unsaturated/α-hetero) is 2. The van der Waals surface area contributed by atoms with Gasteiger partial charge in [0, 0.05) is 6.92 Å². The van der Waals surface area contributed by atoms with E-state index in [1.165, 1.54) is 0 Å². The van der Waals surface area contributed by atoms with Crippen molar-refractivity contribution in [1.29, 1.82) is 0 Å². The summed E-state index contributed by atoms with van der Waals surface area (Å²) in [5.41, 5.74) is -2.17. The number of halogens is 2. The highest BCUT2D eigenvalue weighted by Gasteiger charge is 2.17. The summed E-state index contributed by atoms with van der Waals surface area (Å²) >= 11 is 4.59. The molecule has 4 heteroatoms. The van der Waals surface area contributed by atoms with Crippen molar-refractivity contribution in [2.24, 2.45) is 0 Å². The molecule has 0 aromatic heterocycles. The standard InChI is InChI=1S/C4H4ClFO2/c1-2(7)3(8)4(5)6/h4H,1H3. The van der Waals surface area contributed by atoms with Gasteiger partial charge in [-0.25, -0.2) is 4.39 Å². The zero-order chi connectivity index (χ0) is 6.73. The number of alkyl halides is 2. The zero-order valence-electron chi connectivity index (χ0n) is 4.15. The minimum Gasteiger partial charge on any atom is -0.291 e. The monoisotopic (exact) mass is 138 g/mol. The Kier molecular flexibility index (Phi) is 2.62. The normalized spacial score (nSPS) is 12.9. The fourth-order valence-electron chi connectivity index (χ4n) is 0.154. The van der Waals surface area contributed by atoms with Crippen LogP contribution >= 0.6 is 11.6 Å². The summed E-state index contributed by atoms with van der Waals surface area (Å²) in [5, 5.41) is 0. The van der Waals surface area contributed by atoms with Crippen LogP contribution in [0.5, 0.6) is 0 Å². The Morgan fingerprint density at radius 3 is 2.00 bits per heavy atom. The van der Waals surface area contributed by atoms with E-state index in [1.807, 2.05) is 0 Å². The van der Waals surface area contributed by atoms with Gasteiger partial charge in [0.2, 0.25) is 11.4 Å². The fourth-order valence-corrected chi connectivity index (χ4v) is 0.307. The van der Waals surface area contributed by atoms with E-state index in [-0.39, 0.29) is 0 Å². The van der Waals surface area contributed by atoms with Gasteiger partial charge in [0.15, 0.2) is 5.78 Å². The van der Waals surface area contributed by atoms with Crippen LogP contribution in [-0.2, 0) is 9.59 Å². The fraction of sp³-hybridized carbons (Fsp3) is 0.500. The van der Waals surface area contributed by atoms with Crippen LogP contribution in [0.4, 0.5) is 4.39 Å². The predicted molar refractivity (Wildman–Crippen MR) is 26.4 cm³/mol. The summed E-state index contributed by atoms with van der Waals surface area (Å²) in [6, 6.07) is 0. The Hall–Kier alpha value is -0.440. The van der Waals surface area contributed by atoms with Crippen LogP contribution in [0.15, 0.2) is 0 Å². The van der Waals surface area contributed by atoms with E-state index < -0.39 is 17.2 Å². The molecule has 0 amide bonds. The molecule has 0 bridgehead atoms. The first kappa shape index (κ1) is 7.56. The predicted octanol–water partition coefficient (Wildman–Crippen LogP) is 0.679. The van der Waals surface area contributed by atoms with Crippen LogP contribution in [0.2, 0.25) is 0 Å². The van der Waals surface area contributed by atoms with E-state index in [0.717, 1.165) is 6.92 Å². The lowest BCUT2D eigenvalue weighted by molar-refractivity contribution is -0.136. The second-order valence-corrected chi connectivity index (χ2v) is 1.60. The number of carbonyl (C=O) groups excluding carboxylic acids is 2. The molecule has 0 rings (SSSR count). The van der Waals surface area contributed by atoms with Gasteiger partial charge in [0.25, 0.3) is 0 Å². The Balaban J connectivity index is 3.84. The van der Waals surface area contributed by atoms with Crippen LogP contribution < -0.4 is 0 Å². The van der Waals surface area contributed by atoms with Crippen molar-refractivity contribution in [2.45, 2.75) is 12.6 Å². The van der Waals surface area contributed by atoms with Crippen molar-refractivity contribution >= 4 is 23.2 Å². The summed E-state index contributed by atoms with van der Waals surface area (Å²) < 4.78 is 11.5. The molecule has 0 aromatic rings. The summed E-state index contributed by atoms with van der Waals surface area (Å²) in [5.74, 6) is -2.04. The number of hydrogen-bond acceptors (Lipinski definition) is 2. The molecule has 0 heterocycles. The van der Waals surface area contributed by atoms with Gasteiger partial charge in [-0.1, -0.05) is 11.6 Å². The topological polar surface area (TPSA) is 34.1 Å². The lowest BCUT2D eigenvalue weighted by Crippen LogP contribution is -2.17. The summed E-state index contributed by atoms with van der Waals surface area (Å²) in [6.45, 7) is 0.970.